The lowest BCUT2D eigenvalue weighted by molar-refractivity contribution is 0.627. The van der Waals surface area contributed by atoms with Gasteiger partial charge in [0.15, 0.2) is 11.5 Å². The number of nitrogens with zero attached hydrogens (tertiary/aromatic N) is 9. The molecule has 178 valence electrons. The van der Waals surface area contributed by atoms with E-state index in [2.05, 4.69) is 35.7 Å². The van der Waals surface area contributed by atoms with Gasteiger partial charge in [-0.05, 0) is 35.9 Å². The molecule has 1 N–H and O–H groups in total. The van der Waals surface area contributed by atoms with Crippen molar-refractivity contribution in [2.24, 2.45) is 14.1 Å². The maximum Gasteiger partial charge on any atom is 0.227 e. The van der Waals surface area contributed by atoms with E-state index in [9.17, 15) is 4.39 Å². The Kier molecular flexibility index (Phi) is 5.21. The molecule has 0 unspecified atom stereocenters. The highest BCUT2D eigenvalue weighted by Crippen LogP contribution is 2.26. The van der Waals surface area contributed by atoms with E-state index in [4.69, 9.17) is 0 Å². The van der Waals surface area contributed by atoms with E-state index in [0.29, 0.717) is 23.8 Å². The molecule has 5 heterocycles. The number of nitrogens with one attached hydrogen (secondary N) is 1. The minimum Gasteiger partial charge on any atom is -0.321 e. The zero-order chi connectivity index (χ0) is 24.6. The number of fused-ring (bicyclic) bond motifs is 1. The fourth-order valence-electron chi connectivity index (χ4n) is 4.08. The van der Waals surface area contributed by atoms with Crippen LogP contribution >= 0.6 is 0 Å². The van der Waals surface area contributed by atoms with Gasteiger partial charge in [-0.1, -0.05) is 12.1 Å². The number of aryl methyl sites for hydroxylation is 2. The standard InChI is InChI=1S/C25H21FN10/c1-34-14-19(13-28-34)29-25-27-9-7-21(30-25)17-8-10-36-23(12-17)31-32-24(36)20-15-35(2)33-22(20)11-16-3-5-18(26)6-4-16/h3-10,12-15H,11H2,1-2H3,(H,27,29,30). The van der Waals surface area contributed by atoms with Gasteiger partial charge < -0.3 is 5.32 Å². The van der Waals surface area contributed by atoms with Crippen molar-refractivity contribution in [3.8, 4) is 22.6 Å². The Morgan fingerprint density at radius 1 is 0.972 bits per heavy atom. The van der Waals surface area contributed by atoms with Gasteiger partial charge in [-0.3, -0.25) is 13.8 Å². The van der Waals surface area contributed by atoms with E-state index in [1.54, 1.807) is 33.9 Å². The summed E-state index contributed by atoms with van der Waals surface area (Å²) in [5.41, 5.74) is 5.79. The fourth-order valence-corrected chi connectivity index (χ4v) is 4.08. The van der Waals surface area contributed by atoms with Crippen LogP contribution in [0.25, 0.3) is 28.3 Å². The zero-order valence-corrected chi connectivity index (χ0v) is 19.5. The molecule has 0 saturated carbocycles. The highest BCUT2D eigenvalue weighted by Gasteiger charge is 2.17. The lowest BCUT2D eigenvalue weighted by atomic mass is 10.1. The molecule has 6 aromatic rings. The molecule has 1 aromatic carbocycles. The molecule has 36 heavy (non-hydrogen) atoms. The predicted molar refractivity (Wildman–Crippen MR) is 132 cm³/mol. The average Bonchev–Trinajstić information content (AvgIpc) is 3.58. The van der Waals surface area contributed by atoms with E-state index in [1.807, 2.05) is 55.3 Å². The van der Waals surface area contributed by atoms with E-state index < -0.39 is 0 Å². The molecule has 0 aliphatic heterocycles. The lowest BCUT2D eigenvalue weighted by Gasteiger charge is -2.06. The van der Waals surface area contributed by atoms with Gasteiger partial charge >= 0.3 is 0 Å². The van der Waals surface area contributed by atoms with Crippen LogP contribution in [0.5, 0.6) is 0 Å². The van der Waals surface area contributed by atoms with Crippen molar-refractivity contribution in [1.29, 1.82) is 0 Å². The summed E-state index contributed by atoms with van der Waals surface area (Å²) in [7, 11) is 3.72. The monoisotopic (exact) mass is 480 g/mol. The molecule has 0 radical (unpaired) electrons. The van der Waals surface area contributed by atoms with Gasteiger partial charge in [-0.15, -0.1) is 10.2 Å². The molecule has 10 nitrogen and oxygen atoms in total. The van der Waals surface area contributed by atoms with Crippen LogP contribution in [0.15, 0.2) is 73.4 Å². The number of hydrogen-bond donors (Lipinski definition) is 1. The van der Waals surface area contributed by atoms with Crippen molar-refractivity contribution < 1.29 is 4.39 Å². The Morgan fingerprint density at radius 3 is 2.64 bits per heavy atom. The number of rotatable bonds is 6. The van der Waals surface area contributed by atoms with Gasteiger partial charge in [0.25, 0.3) is 0 Å². The second-order valence-electron chi connectivity index (χ2n) is 8.43. The number of aromatic nitrogens is 9. The lowest BCUT2D eigenvalue weighted by Crippen LogP contribution is -1.98. The van der Waals surface area contributed by atoms with Crippen molar-refractivity contribution in [3.05, 3.63) is 90.5 Å². The summed E-state index contributed by atoms with van der Waals surface area (Å²) < 4.78 is 18.7. The summed E-state index contributed by atoms with van der Waals surface area (Å²) >= 11 is 0. The van der Waals surface area contributed by atoms with E-state index in [-0.39, 0.29) is 5.82 Å². The molecule has 0 saturated heterocycles. The van der Waals surface area contributed by atoms with Crippen molar-refractivity contribution in [3.63, 3.8) is 0 Å². The van der Waals surface area contributed by atoms with Crippen LogP contribution in [0.4, 0.5) is 16.0 Å². The van der Waals surface area contributed by atoms with Crippen LogP contribution in [-0.4, -0.2) is 44.1 Å². The van der Waals surface area contributed by atoms with Crippen molar-refractivity contribution >= 4 is 17.3 Å². The van der Waals surface area contributed by atoms with Crippen LogP contribution in [0, 0.1) is 5.82 Å². The molecule has 0 spiro atoms. The Hall–Kier alpha value is -4.93. The SMILES string of the molecule is Cn1cc(Nc2nccc(-c3ccn4c(-c5cn(C)nc5Cc5ccc(F)cc5)nnc4c3)n2)cn1. The molecule has 0 aliphatic rings. The molecule has 0 aliphatic carbocycles. The second-order valence-corrected chi connectivity index (χ2v) is 8.43. The smallest absolute Gasteiger partial charge is 0.227 e. The molecule has 0 bridgehead atoms. The summed E-state index contributed by atoms with van der Waals surface area (Å²) in [5.74, 6) is 0.898. The van der Waals surface area contributed by atoms with Crippen LogP contribution in [0.1, 0.15) is 11.3 Å². The molecule has 11 heteroatoms. The van der Waals surface area contributed by atoms with Gasteiger partial charge in [0.2, 0.25) is 5.95 Å². The third-order valence-corrected chi connectivity index (χ3v) is 5.75. The zero-order valence-electron chi connectivity index (χ0n) is 19.5. The molecular formula is C25H21FN10. The van der Waals surface area contributed by atoms with Crippen molar-refractivity contribution in [1.82, 2.24) is 44.1 Å². The van der Waals surface area contributed by atoms with Gasteiger partial charge in [0.1, 0.15) is 5.82 Å². The number of benzene rings is 1. The van der Waals surface area contributed by atoms with Crippen molar-refractivity contribution in [2.75, 3.05) is 5.32 Å². The quantitative estimate of drug-likeness (QED) is 0.387. The summed E-state index contributed by atoms with van der Waals surface area (Å²) in [6, 6.07) is 12.2. The first-order chi connectivity index (χ1) is 17.5. The first-order valence-corrected chi connectivity index (χ1v) is 11.2. The maximum absolute atomic E-state index is 13.3. The predicted octanol–water partition coefficient (Wildman–Crippen LogP) is 3.79. The Balaban J connectivity index is 1.31. The molecular weight excluding hydrogens is 459 g/mol. The highest BCUT2D eigenvalue weighted by atomic mass is 19.1. The van der Waals surface area contributed by atoms with Crippen LogP contribution in [-0.2, 0) is 20.5 Å². The third-order valence-electron chi connectivity index (χ3n) is 5.75. The molecule has 0 fully saturated rings. The first kappa shape index (κ1) is 21.6. The Bertz CT molecular complexity index is 1680. The van der Waals surface area contributed by atoms with Crippen LogP contribution in [0.2, 0.25) is 0 Å². The summed E-state index contributed by atoms with van der Waals surface area (Å²) in [5, 5.41) is 20.8. The fraction of sp³-hybridized carbons (Fsp3) is 0.120. The topological polar surface area (TPSA) is 104 Å². The number of halogens is 1. The van der Waals surface area contributed by atoms with E-state index in [1.165, 1.54) is 12.1 Å². The van der Waals surface area contributed by atoms with Crippen LogP contribution in [0.3, 0.4) is 0 Å². The molecule has 0 amide bonds. The molecule has 5 aromatic heterocycles. The van der Waals surface area contributed by atoms with Gasteiger partial charge in [-0.25, -0.2) is 14.4 Å². The van der Waals surface area contributed by atoms with Gasteiger partial charge in [-0.2, -0.15) is 10.2 Å². The van der Waals surface area contributed by atoms with Gasteiger partial charge in [0.05, 0.1) is 28.8 Å². The minimum atomic E-state index is -0.261. The summed E-state index contributed by atoms with van der Waals surface area (Å²) in [4.78, 5) is 8.94. The largest absolute Gasteiger partial charge is 0.321 e. The summed E-state index contributed by atoms with van der Waals surface area (Å²) in [6.45, 7) is 0. The van der Waals surface area contributed by atoms with E-state index >= 15 is 0 Å². The normalized spacial score (nSPS) is 11.3. The van der Waals surface area contributed by atoms with Crippen molar-refractivity contribution in [2.45, 2.75) is 6.42 Å². The number of hydrogen-bond acceptors (Lipinski definition) is 7. The first-order valence-electron chi connectivity index (χ1n) is 11.2. The number of pyridine rings is 1. The molecule has 0 atom stereocenters. The van der Waals surface area contributed by atoms with E-state index in [0.717, 1.165) is 33.8 Å². The average molecular weight is 481 g/mol. The van der Waals surface area contributed by atoms with Gasteiger partial charge in [0, 0.05) is 50.9 Å². The third kappa shape index (κ3) is 4.17. The summed E-state index contributed by atoms with van der Waals surface area (Å²) in [6.07, 6.45) is 9.66. The Morgan fingerprint density at radius 2 is 1.83 bits per heavy atom. The number of anilines is 2. The Labute approximate surface area is 205 Å². The minimum absolute atomic E-state index is 0.261. The molecule has 6 rings (SSSR count). The maximum atomic E-state index is 13.3. The second kappa shape index (κ2) is 8.69. The van der Waals surface area contributed by atoms with Crippen LogP contribution < -0.4 is 5.32 Å². The highest BCUT2D eigenvalue weighted by molar-refractivity contribution is 5.68.